The van der Waals surface area contributed by atoms with E-state index >= 15 is 0 Å². The summed E-state index contributed by atoms with van der Waals surface area (Å²) in [5, 5.41) is 0. The molecule has 0 radical (unpaired) electrons. The molecule has 0 aromatic heterocycles. The van der Waals surface area contributed by atoms with Crippen molar-refractivity contribution < 1.29 is 34.0 Å². The number of benzene rings is 1. The first-order valence-electron chi connectivity index (χ1n) is 3.17. The molecule has 1 aromatic rings. The molecule has 0 aliphatic heterocycles. The third kappa shape index (κ3) is 11.6. The van der Waals surface area contributed by atoms with Crippen LogP contribution in [0, 0.1) is 12.5 Å². The standard InChI is InChI=1S/C9H10.2BrH.2Mg/c1-2-6-9-7-4-3-5-8-9;;;;/h2-5,7H,6H2,1H3;2*1H;;/q-2;;;2*+2/p-2. The van der Waals surface area contributed by atoms with Gasteiger partial charge in [-0.3, -0.25) is 0 Å². The quantitative estimate of drug-likeness (QED) is 0.380. The molecule has 0 aliphatic carbocycles. The molecule has 0 amide bonds. The van der Waals surface area contributed by atoms with Gasteiger partial charge in [0, 0.05) is 0 Å². The molecule has 13 heavy (non-hydrogen) atoms. The van der Waals surface area contributed by atoms with Crippen LogP contribution in [0.2, 0.25) is 0 Å². The van der Waals surface area contributed by atoms with Crippen LogP contribution in [0.25, 0.3) is 0 Å². The van der Waals surface area contributed by atoms with E-state index in [-0.39, 0.29) is 80.1 Å². The van der Waals surface area contributed by atoms with Crippen LogP contribution in [0.1, 0.15) is 12.5 Å². The van der Waals surface area contributed by atoms with Crippen LogP contribution >= 0.6 is 0 Å². The van der Waals surface area contributed by atoms with Crippen LogP contribution in [0.3, 0.4) is 0 Å². The van der Waals surface area contributed by atoms with Crippen molar-refractivity contribution in [1.82, 2.24) is 0 Å². The van der Waals surface area contributed by atoms with E-state index in [9.17, 15) is 0 Å². The predicted octanol–water partition coefficient (Wildman–Crippen LogP) is -4.50. The fourth-order valence-electron chi connectivity index (χ4n) is 0.777. The van der Waals surface area contributed by atoms with Crippen molar-refractivity contribution in [3.05, 3.63) is 42.3 Å². The normalized spacial score (nSPS) is 6.54. The van der Waals surface area contributed by atoms with Gasteiger partial charge in [0.2, 0.25) is 0 Å². The van der Waals surface area contributed by atoms with Crippen molar-refractivity contribution in [2.45, 2.75) is 13.3 Å². The molecule has 0 saturated carbocycles. The second-order valence-corrected chi connectivity index (χ2v) is 2.00. The maximum Gasteiger partial charge on any atom is 2.00 e. The van der Waals surface area contributed by atoms with E-state index in [0.717, 1.165) is 6.42 Å². The third-order valence-corrected chi connectivity index (χ3v) is 1.20. The van der Waals surface area contributed by atoms with E-state index in [1.165, 1.54) is 5.56 Å². The van der Waals surface area contributed by atoms with Crippen molar-refractivity contribution in [3.8, 4) is 0 Å². The molecule has 0 aliphatic rings. The van der Waals surface area contributed by atoms with Crippen LogP contribution in [-0.4, -0.2) is 46.1 Å². The Balaban J connectivity index is -0.000000101. The summed E-state index contributed by atoms with van der Waals surface area (Å²) in [6, 6.07) is 11.2. The van der Waals surface area contributed by atoms with E-state index in [2.05, 4.69) is 25.5 Å². The maximum atomic E-state index is 3.14. The Hall–Kier alpha value is 1.71. The summed E-state index contributed by atoms with van der Waals surface area (Å²) >= 11 is 0. The summed E-state index contributed by atoms with van der Waals surface area (Å²) in [6.07, 6.45) is 3.16. The number of hydrogen-bond donors (Lipinski definition) is 0. The number of halogens is 2. The van der Waals surface area contributed by atoms with Crippen LogP contribution in [-0.2, 0) is 6.42 Å². The molecule has 0 nitrogen and oxygen atoms in total. The monoisotopic (exact) mass is 324 g/mol. The summed E-state index contributed by atoms with van der Waals surface area (Å²) in [7, 11) is 0. The van der Waals surface area contributed by atoms with Crippen molar-refractivity contribution in [3.63, 3.8) is 0 Å². The molecule has 0 N–H and O–H groups in total. The Morgan fingerprint density at radius 2 is 1.85 bits per heavy atom. The topological polar surface area (TPSA) is 0 Å². The first kappa shape index (κ1) is 24.1. The van der Waals surface area contributed by atoms with Gasteiger partial charge in [-0.25, -0.2) is 0 Å². The van der Waals surface area contributed by atoms with Crippen LogP contribution in [0.5, 0.6) is 0 Å². The zero-order valence-electron chi connectivity index (χ0n) is 7.76. The van der Waals surface area contributed by atoms with E-state index in [4.69, 9.17) is 0 Å². The Morgan fingerprint density at radius 1 is 1.23 bits per heavy atom. The van der Waals surface area contributed by atoms with Crippen LogP contribution < -0.4 is 34.0 Å². The number of hydrogen-bond acceptors (Lipinski definition) is 0. The SMILES string of the molecule is C[CH-]Cc1[c-]cccc1.[Br-].[Br-].[Mg+2].[Mg+2]. The Kier molecular flexibility index (Phi) is 30.0. The van der Waals surface area contributed by atoms with Gasteiger partial charge >= 0.3 is 46.1 Å². The van der Waals surface area contributed by atoms with E-state index < -0.39 is 0 Å². The second-order valence-electron chi connectivity index (χ2n) is 2.00. The third-order valence-electron chi connectivity index (χ3n) is 1.20. The van der Waals surface area contributed by atoms with Gasteiger partial charge in [0.15, 0.2) is 0 Å². The largest absolute Gasteiger partial charge is 2.00 e. The molecule has 64 valence electrons. The summed E-state index contributed by atoms with van der Waals surface area (Å²) in [6.45, 7) is 2.06. The average molecular weight is 327 g/mol. The maximum absolute atomic E-state index is 3.14. The molecule has 4 heteroatoms. The van der Waals surface area contributed by atoms with Crippen molar-refractivity contribution in [2.75, 3.05) is 0 Å². The molecule has 1 rings (SSSR count). The minimum absolute atomic E-state index is 0. The summed E-state index contributed by atoms with van der Waals surface area (Å²) in [5.74, 6) is 0. The first-order valence-corrected chi connectivity index (χ1v) is 3.17. The molecule has 0 spiro atoms. The summed E-state index contributed by atoms with van der Waals surface area (Å²) in [5.41, 5.74) is 1.26. The fourth-order valence-corrected chi connectivity index (χ4v) is 0.777. The van der Waals surface area contributed by atoms with Gasteiger partial charge < -0.3 is 40.4 Å². The Bertz CT molecular complexity index is 169. The van der Waals surface area contributed by atoms with Gasteiger partial charge in [-0.2, -0.15) is 49.2 Å². The molecule has 0 bridgehead atoms. The predicted molar refractivity (Wildman–Crippen MR) is 50.5 cm³/mol. The van der Waals surface area contributed by atoms with Gasteiger partial charge in [-0.15, -0.1) is 0 Å². The van der Waals surface area contributed by atoms with Crippen molar-refractivity contribution in [2.24, 2.45) is 0 Å². The minimum atomic E-state index is 0. The van der Waals surface area contributed by atoms with Gasteiger partial charge in [0.25, 0.3) is 0 Å². The van der Waals surface area contributed by atoms with Gasteiger partial charge in [0.1, 0.15) is 0 Å². The molecule has 0 unspecified atom stereocenters. The Morgan fingerprint density at radius 3 is 2.23 bits per heavy atom. The fraction of sp³-hybridized carbons (Fsp3) is 0.222. The molecule has 0 heterocycles. The van der Waals surface area contributed by atoms with Crippen LogP contribution in [0.15, 0.2) is 24.3 Å². The van der Waals surface area contributed by atoms with Gasteiger partial charge in [-0.1, -0.05) is 0 Å². The minimum Gasteiger partial charge on any atom is -1.00 e. The van der Waals surface area contributed by atoms with Gasteiger partial charge in [-0.05, 0) is 0 Å². The smallest absolute Gasteiger partial charge is 1.00 e. The summed E-state index contributed by atoms with van der Waals surface area (Å²) < 4.78 is 0. The molecular weight excluding hydrogens is 317 g/mol. The van der Waals surface area contributed by atoms with E-state index in [1.54, 1.807) is 0 Å². The average Bonchev–Trinajstić information content (AvgIpc) is 1.91. The Labute approximate surface area is 134 Å². The van der Waals surface area contributed by atoms with Crippen molar-refractivity contribution in [1.29, 1.82) is 0 Å². The molecule has 1 aromatic carbocycles. The first-order chi connectivity index (χ1) is 4.43. The zero-order chi connectivity index (χ0) is 6.53. The molecule has 0 fully saturated rings. The number of rotatable bonds is 2. The molecule has 0 atom stereocenters. The zero-order valence-corrected chi connectivity index (χ0v) is 13.8. The van der Waals surface area contributed by atoms with Crippen molar-refractivity contribution >= 4 is 46.1 Å². The summed E-state index contributed by atoms with van der Waals surface area (Å²) in [4.78, 5) is 0. The molecular formula is C9H10Br2Mg2. The van der Waals surface area contributed by atoms with Crippen LogP contribution in [0.4, 0.5) is 0 Å². The molecule has 0 saturated heterocycles. The van der Waals surface area contributed by atoms with E-state index in [0.29, 0.717) is 0 Å². The van der Waals surface area contributed by atoms with E-state index in [1.807, 2.05) is 18.2 Å². The van der Waals surface area contributed by atoms with Gasteiger partial charge in [0.05, 0.1) is 0 Å². The second kappa shape index (κ2) is 16.2.